The van der Waals surface area contributed by atoms with Crippen LogP contribution < -0.4 is 0 Å². The molecule has 5 nitrogen and oxygen atoms in total. The zero-order valence-electron chi connectivity index (χ0n) is 7.43. The van der Waals surface area contributed by atoms with Crippen LogP contribution in [0, 0.1) is 0 Å². The molecule has 0 aliphatic carbocycles. The van der Waals surface area contributed by atoms with Crippen molar-refractivity contribution in [1.82, 2.24) is 9.80 Å². The second-order valence-corrected chi connectivity index (χ2v) is 3.57. The van der Waals surface area contributed by atoms with Crippen molar-refractivity contribution in [3.05, 3.63) is 0 Å². The van der Waals surface area contributed by atoms with Crippen LogP contribution in [0.4, 0.5) is 4.79 Å². The van der Waals surface area contributed by atoms with E-state index in [0.717, 1.165) is 6.42 Å². The predicted molar refractivity (Wildman–Crippen MR) is 44.3 cm³/mol. The van der Waals surface area contributed by atoms with Crippen LogP contribution in [0.1, 0.15) is 13.3 Å². The summed E-state index contributed by atoms with van der Waals surface area (Å²) in [5.74, 6) is 0.0533. The number of fused-ring (bicyclic) bond motifs is 1. The molecule has 0 saturated carbocycles. The van der Waals surface area contributed by atoms with Crippen molar-refractivity contribution < 1.29 is 14.7 Å². The Labute approximate surface area is 75.9 Å². The van der Waals surface area contributed by atoms with E-state index in [0.29, 0.717) is 13.1 Å². The van der Waals surface area contributed by atoms with Gasteiger partial charge in [-0.1, -0.05) is 0 Å². The van der Waals surface area contributed by atoms with Gasteiger partial charge in [-0.3, -0.25) is 4.79 Å². The second kappa shape index (κ2) is 2.61. The van der Waals surface area contributed by atoms with Crippen LogP contribution in [-0.2, 0) is 4.79 Å². The lowest BCUT2D eigenvalue weighted by Gasteiger charge is -2.44. The lowest BCUT2D eigenvalue weighted by atomic mass is 9.98. The van der Waals surface area contributed by atoms with Gasteiger partial charge in [-0.15, -0.1) is 0 Å². The molecule has 0 spiro atoms. The molecule has 0 radical (unpaired) electrons. The topological polar surface area (TPSA) is 60.9 Å². The van der Waals surface area contributed by atoms with Gasteiger partial charge in [0.15, 0.2) is 0 Å². The Balaban J connectivity index is 2.02. The summed E-state index contributed by atoms with van der Waals surface area (Å²) in [7, 11) is 0. The van der Waals surface area contributed by atoms with Crippen LogP contribution in [0.25, 0.3) is 0 Å². The van der Waals surface area contributed by atoms with Gasteiger partial charge < -0.3 is 14.9 Å². The molecule has 72 valence electrons. The monoisotopic (exact) mass is 184 g/mol. The lowest BCUT2D eigenvalue weighted by molar-refractivity contribution is -0.132. The highest BCUT2D eigenvalue weighted by Crippen LogP contribution is 2.32. The first kappa shape index (κ1) is 8.34. The number of hydrogen-bond acceptors (Lipinski definition) is 2. The Kier molecular flexibility index (Phi) is 1.68. The molecule has 0 aromatic rings. The van der Waals surface area contributed by atoms with Crippen LogP contribution >= 0.6 is 0 Å². The fraction of sp³-hybridized carbons (Fsp3) is 0.750. The molecule has 13 heavy (non-hydrogen) atoms. The first-order chi connectivity index (χ1) is 6.11. The van der Waals surface area contributed by atoms with Crippen LogP contribution in [-0.4, -0.2) is 52.1 Å². The Morgan fingerprint density at radius 3 is 2.54 bits per heavy atom. The SMILES string of the molecule is CC(=O)N1CC[C@H]2[C@@H]1CN2C(=O)O. The smallest absolute Gasteiger partial charge is 0.407 e. The van der Waals surface area contributed by atoms with Crippen LogP contribution in [0.5, 0.6) is 0 Å². The van der Waals surface area contributed by atoms with Crippen LogP contribution in [0.3, 0.4) is 0 Å². The standard InChI is InChI=1S/C8H12N2O3/c1-5(11)9-3-2-6-7(9)4-10(6)8(12)13/h6-7H,2-4H2,1H3,(H,12,13)/t6-,7-/m0/s1. The minimum Gasteiger partial charge on any atom is -0.465 e. The molecular weight excluding hydrogens is 172 g/mol. The maximum absolute atomic E-state index is 11.1. The second-order valence-electron chi connectivity index (χ2n) is 3.57. The minimum absolute atomic E-state index is 0.0533. The molecule has 0 aromatic heterocycles. The number of carbonyl (C=O) groups is 2. The Morgan fingerprint density at radius 1 is 1.31 bits per heavy atom. The first-order valence-electron chi connectivity index (χ1n) is 4.38. The van der Waals surface area contributed by atoms with Crippen LogP contribution in [0.15, 0.2) is 0 Å². The van der Waals surface area contributed by atoms with Gasteiger partial charge in [-0.05, 0) is 6.42 Å². The zero-order valence-corrected chi connectivity index (χ0v) is 7.43. The van der Waals surface area contributed by atoms with E-state index < -0.39 is 6.09 Å². The molecule has 5 heteroatoms. The number of rotatable bonds is 0. The number of hydrogen-bond donors (Lipinski definition) is 1. The number of carbonyl (C=O) groups excluding carboxylic acids is 1. The van der Waals surface area contributed by atoms with Crippen molar-refractivity contribution in [2.24, 2.45) is 0 Å². The summed E-state index contributed by atoms with van der Waals surface area (Å²) in [6, 6.07) is 0.204. The normalized spacial score (nSPS) is 31.2. The Hall–Kier alpha value is -1.26. The summed E-state index contributed by atoms with van der Waals surface area (Å²) in [5.41, 5.74) is 0. The summed E-state index contributed by atoms with van der Waals surface area (Å²) in [6.07, 6.45) is -0.0806. The molecular formula is C8H12N2O3. The molecule has 2 rings (SSSR count). The Morgan fingerprint density at radius 2 is 2.00 bits per heavy atom. The van der Waals surface area contributed by atoms with Crippen molar-refractivity contribution >= 4 is 12.0 Å². The summed E-state index contributed by atoms with van der Waals surface area (Å²) in [5, 5.41) is 8.73. The molecule has 2 saturated heterocycles. The van der Waals surface area contributed by atoms with Crippen molar-refractivity contribution in [2.45, 2.75) is 25.4 Å². The number of amides is 2. The molecule has 0 unspecified atom stereocenters. The van der Waals surface area contributed by atoms with Gasteiger partial charge in [-0.2, -0.15) is 0 Å². The van der Waals surface area contributed by atoms with E-state index in [1.807, 2.05) is 0 Å². The fourth-order valence-corrected chi connectivity index (χ4v) is 2.23. The van der Waals surface area contributed by atoms with Crippen LogP contribution in [0.2, 0.25) is 0 Å². The third kappa shape index (κ3) is 1.07. The maximum atomic E-state index is 11.1. The molecule has 2 aliphatic heterocycles. The summed E-state index contributed by atoms with van der Waals surface area (Å²) < 4.78 is 0. The van der Waals surface area contributed by atoms with E-state index >= 15 is 0 Å². The van der Waals surface area contributed by atoms with E-state index in [2.05, 4.69) is 0 Å². The highest BCUT2D eigenvalue weighted by molar-refractivity contribution is 5.75. The molecule has 2 amide bonds. The first-order valence-corrected chi connectivity index (χ1v) is 4.38. The van der Waals surface area contributed by atoms with Crippen molar-refractivity contribution in [3.63, 3.8) is 0 Å². The third-order valence-electron chi connectivity index (χ3n) is 2.94. The Bertz CT molecular complexity index is 266. The van der Waals surface area contributed by atoms with Gasteiger partial charge in [0.1, 0.15) is 0 Å². The van der Waals surface area contributed by atoms with E-state index in [9.17, 15) is 9.59 Å². The summed E-state index contributed by atoms with van der Waals surface area (Å²) in [6.45, 7) is 2.72. The summed E-state index contributed by atoms with van der Waals surface area (Å²) in [4.78, 5) is 24.9. The molecule has 2 aliphatic rings. The molecule has 2 heterocycles. The average Bonchev–Trinajstić information content (AvgIpc) is 2.27. The van der Waals surface area contributed by atoms with Gasteiger partial charge in [0.25, 0.3) is 0 Å². The number of nitrogens with zero attached hydrogens (tertiary/aromatic N) is 2. The molecule has 0 bridgehead atoms. The number of carboxylic acid groups (broad SMARTS) is 1. The van der Waals surface area contributed by atoms with Crippen molar-refractivity contribution in [1.29, 1.82) is 0 Å². The lowest BCUT2D eigenvalue weighted by Crippen LogP contribution is -2.63. The quantitative estimate of drug-likeness (QED) is 0.575. The van der Waals surface area contributed by atoms with E-state index in [1.165, 1.54) is 11.8 Å². The molecule has 2 fully saturated rings. The molecule has 0 aromatic carbocycles. The molecule has 1 N–H and O–H groups in total. The summed E-state index contributed by atoms with van der Waals surface area (Å²) >= 11 is 0. The van der Waals surface area contributed by atoms with Crippen molar-refractivity contribution in [2.75, 3.05) is 13.1 Å². The van der Waals surface area contributed by atoms with E-state index in [-0.39, 0.29) is 18.0 Å². The fourth-order valence-electron chi connectivity index (χ4n) is 2.23. The average molecular weight is 184 g/mol. The number of likely N-dealkylation sites (tertiary alicyclic amines) is 2. The minimum atomic E-state index is -0.869. The van der Waals surface area contributed by atoms with E-state index in [4.69, 9.17) is 5.11 Å². The largest absolute Gasteiger partial charge is 0.465 e. The van der Waals surface area contributed by atoms with Gasteiger partial charge in [0, 0.05) is 20.0 Å². The van der Waals surface area contributed by atoms with Gasteiger partial charge >= 0.3 is 6.09 Å². The molecule has 2 atom stereocenters. The van der Waals surface area contributed by atoms with Gasteiger partial charge in [0.05, 0.1) is 12.1 Å². The predicted octanol–water partition coefficient (Wildman–Crippen LogP) is -0.0306. The highest BCUT2D eigenvalue weighted by Gasteiger charge is 2.49. The maximum Gasteiger partial charge on any atom is 0.407 e. The zero-order chi connectivity index (χ0) is 9.59. The highest BCUT2D eigenvalue weighted by atomic mass is 16.4. The third-order valence-corrected chi connectivity index (χ3v) is 2.94. The van der Waals surface area contributed by atoms with Crippen molar-refractivity contribution in [3.8, 4) is 0 Å². The van der Waals surface area contributed by atoms with Gasteiger partial charge in [0.2, 0.25) is 5.91 Å². The van der Waals surface area contributed by atoms with E-state index in [1.54, 1.807) is 4.90 Å². The van der Waals surface area contributed by atoms with Gasteiger partial charge in [-0.25, -0.2) is 4.79 Å².